The molecule has 2 N–H and O–H groups in total. The van der Waals surface area contributed by atoms with Gasteiger partial charge in [0.1, 0.15) is 12.7 Å². The summed E-state index contributed by atoms with van der Waals surface area (Å²) >= 11 is 0. The minimum atomic E-state index is 0.685. The van der Waals surface area contributed by atoms with Crippen LogP contribution in [0.4, 0.5) is 0 Å². The summed E-state index contributed by atoms with van der Waals surface area (Å²) in [6, 6.07) is 8.10. The van der Waals surface area contributed by atoms with Crippen LogP contribution in [0.1, 0.15) is 5.56 Å². The number of nitrogens with zero attached hydrogens (tertiary/aromatic N) is 4. The van der Waals surface area contributed by atoms with Gasteiger partial charge in [-0.05, 0) is 17.7 Å². The summed E-state index contributed by atoms with van der Waals surface area (Å²) in [5, 5.41) is 10.4. The molecule has 0 fully saturated rings. The second-order valence-electron chi connectivity index (χ2n) is 4.10. The molecule has 0 saturated heterocycles. The van der Waals surface area contributed by atoms with Crippen molar-refractivity contribution >= 4 is 5.96 Å². The van der Waals surface area contributed by atoms with Gasteiger partial charge in [0.15, 0.2) is 5.96 Å². The van der Waals surface area contributed by atoms with Crippen molar-refractivity contribution in [3.8, 4) is 5.69 Å². The van der Waals surface area contributed by atoms with E-state index in [9.17, 15) is 0 Å². The van der Waals surface area contributed by atoms with Gasteiger partial charge in [-0.3, -0.25) is 4.99 Å². The van der Waals surface area contributed by atoms with Crippen molar-refractivity contribution in [1.82, 2.24) is 25.4 Å². The molecule has 0 unspecified atom stereocenters. The standard InChI is InChI=1S/C14H18N6/c1-3-8-17-14(15-2)18-9-12-4-6-13(7-5-12)20-11-16-10-19-20/h3-7,10-11H,1,8-9H2,2H3,(H2,15,17,18). The SMILES string of the molecule is C=CCNC(=NC)NCc1ccc(-n2cncn2)cc1. The molecular weight excluding hydrogens is 252 g/mol. The molecule has 0 aliphatic carbocycles. The van der Waals surface area contributed by atoms with Gasteiger partial charge in [-0.1, -0.05) is 18.2 Å². The van der Waals surface area contributed by atoms with Crippen LogP contribution in [0, 0.1) is 0 Å². The molecule has 0 radical (unpaired) electrons. The summed E-state index contributed by atoms with van der Waals surface area (Å²) in [6.07, 6.45) is 4.98. The molecular formula is C14H18N6. The van der Waals surface area contributed by atoms with Crippen molar-refractivity contribution in [3.63, 3.8) is 0 Å². The van der Waals surface area contributed by atoms with E-state index in [0.29, 0.717) is 13.1 Å². The largest absolute Gasteiger partial charge is 0.353 e. The topological polar surface area (TPSA) is 67.1 Å². The highest BCUT2D eigenvalue weighted by Gasteiger charge is 1.99. The maximum atomic E-state index is 4.12. The van der Waals surface area contributed by atoms with E-state index in [1.807, 2.05) is 24.3 Å². The number of aliphatic imine (C=N–C) groups is 1. The van der Waals surface area contributed by atoms with Gasteiger partial charge in [0, 0.05) is 20.1 Å². The van der Waals surface area contributed by atoms with Crippen LogP contribution in [0.3, 0.4) is 0 Å². The fourth-order valence-electron chi connectivity index (χ4n) is 1.68. The first-order valence-corrected chi connectivity index (χ1v) is 6.33. The lowest BCUT2D eigenvalue weighted by Gasteiger charge is -2.10. The number of aromatic nitrogens is 3. The van der Waals surface area contributed by atoms with Crippen LogP contribution in [0.15, 0.2) is 54.6 Å². The second kappa shape index (κ2) is 7.08. The van der Waals surface area contributed by atoms with Crippen LogP contribution in [0.2, 0.25) is 0 Å². The number of hydrogen-bond donors (Lipinski definition) is 2. The van der Waals surface area contributed by atoms with E-state index in [4.69, 9.17) is 0 Å². The monoisotopic (exact) mass is 270 g/mol. The fraction of sp³-hybridized carbons (Fsp3) is 0.214. The number of rotatable bonds is 5. The molecule has 1 aromatic heterocycles. The third-order valence-electron chi connectivity index (χ3n) is 2.72. The number of nitrogens with one attached hydrogen (secondary N) is 2. The van der Waals surface area contributed by atoms with Crippen LogP contribution in [0.5, 0.6) is 0 Å². The summed E-state index contributed by atoms with van der Waals surface area (Å²) in [5.74, 6) is 0.755. The predicted molar refractivity (Wildman–Crippen MR) is 79.8 cm³/mol. The smallest absolute Gasteiger partial charge is 0.191 e. The van der Waals surface area contributed by atoms with Crippen molar-refractivity contribution in [3.05, 3.63) is 55.1 Å². The highest BCUT2D eigenvalue weighted by molar-refractivity contribution is 5.79. The van der Waals surface area contributed by atoms with E-state index >= 15 is 0 Å². The zero-order chi connectivity index (χ0) is 14.2. The van der Waals surface area contributed by atoms with Crippen LogP contribution >= 0.6 is 0 Å². The van der Waals surface area contributed by atoms with E-state index < -0.39 is 0 Å². The van der Waals surface area contributed by atoms with Gasteiger partial charge < -0.3 is 10.6 Å². The zero-order valence-electron chi connectivity index (χ0n) is 11.5. The van der Waals surface area contributed by atoms with Crippen LogP contribution in [-0.4, -0.2) is 34.3 Å². The highest BCUT2D eigenvalue weighted by Crippen LogP contribution is 2.07. The first-order valence-electron chi connectivity index (χ1n) is 6.33. The lowest BCUT2D eigenvalue weighted by atomic mass is 10.2. The lowest BCUT2D eigenvalue weighted by Crippen LogP contribution is -2.36. The summed E-state index contributed by atoms with van der Waals surface area (Å²) in [4.78, 5) is 8.05. The molecule has 0 bridgehead atoms. The number of guanidine groups is 1. The Morgan fingerprint density at radius 2 is 2.15 bits per heavy atom. The second-order valence-corrected chi connectivity index (χ2v) is 4.10. The quantitative estimate of drug-likeness (QED) is 0.485. The van der Waals surface area contributed by atoms with Crippen molar-refractivity contribution in [2.75, 3.05) is 13.6 Å². The molecule has 2 rings (SSSR count). The molecule has 1 aromatic carbocycles. The Balaban J connectivity index is 1.92. The first kappa shape index (κ1) is 13.8. The van der Waals surface area contributed by atoms with E-state index in [1.165, 1.54) is 6.33 Å². The van der Waals surface area contributed by atoms with E-state index in [-0.39, 0.29) is 0 Å². The predicted octanol–water partition coefficient (Wildman–Crippen LogP) is 1.12. The first-order chi connectivity index (χ1) is 9.83. The number of hydrogen-bond acceptors (Lipinski definition) is 3. The molecule has 6 nitrogen and oxygen atoms in total. The molecule has 0 atom stereocenters. The third kappa shape index (κ3) is 3.68. The third-order valence-corrected chi connectivity index (χ3v) is 2.72. The minimum Gasteiger partial charge on any atom is -0.353 e. The van der Waals surface area contributed by atoms with Crippen molar-refractivity contribution < 1.29 is 0 Å². The Kier molecular flexibility index (Phi) is 4.88. The van der Waals surface area contributed by atoms with Gasteiger partial charge in [0.25, 0.3) is 0 Å². The Bertz CT molecular complexity index is 556. The average Bonchev–Trinajstić information content (AvgIpc) is 3.02. The molecule has 104 valence electrons. The van der Waals surface area contributed by atoms with E-state index in [2.05, 4.69) is 32.3 Å². The van der Waals surface area contributed by atoms with Gasteiger partial charge in [0.2, 0.25) is 0 Å². The normalized spacial score (nSPS) is 11.2. The molecule has 0 aliphatic rings. The Labute approximate surface area is 118 Å². The lowest BCUT2D eigenvalue weighted by molar-refractivity contribution is 0.842. The molecule has 2 aromatic rings. The van der Waals surface area contributed by atoms with Crippen molar-refractivity contribution in [1.29, 1.82) is 0 Å². The minimum absolute atomic E-state index is 0.685. The van der Waals surface area contributed by atoms with Gasteiger partial charge >= 0.3 is 0 Å². The molecule has 20 heavy (non-hydrogen) atoms. The zero-order valence-corrected chi connectivity index (χ0v) is 11.5. The fourth-order valence-corrected chi connectivity index (χ4v) is 1.68. The Morgan fingerprint density at radius 3 is 2.75 bits per heavy atom. The Morgan fingerprint density at radius 1 is 1.35 bits per heavy atom. The van der Waals surface area contributed by atoms with Crippen molar-refractivity contribution in [2.24, 2.45) is 4.99 Å². The average molecular weight is 270 g/mol. The summed E-state index contributed by atoms with van der Waals surface area (Å²) in [7, 11) is 1.74. The van der Waals surface area contributed by atoms with Crippen LogP contribution < -0.4 is 10.6 Å². The Hall–Kier alpha value is -2.63. The molecule has 6 heteroatoms. The van der Waals surface area contributed by atoms with Crippen LogP contribution in [0.25, 0.3) is 5.69 Å². The van der Waals surface area contributed by atoms with Gasteiger partial charge in [0.05, 0.1) is 5.69 Å². The molecule has 1 heterocycles. The highest BCUT2D eigenvalue weighted by atomic mass is 15.3. The molecule has 0 aliphatic heterocycles. The summed E-state index contributed by atoms with van der Waals surface area (Å²) in [6.45, 7) is 5.05. The van der Waals surface area contributed by atoms with Crippen LogP contribution in [-0.2, 0) is 6.54 Å². The van der Waals surface area contributed by atoms with Gasteiger partial charge in [-0.25, -0.2) is 9.67 Å². The molecule has 0 saturated carbocycles. The maximum Gasteiger partial charge on any atom is 0.191 e. The van der Waals surface area contributed by atoms with Gasteiger partial charge in [-0.15, -0.1) is 6.58 Å². The molecule has 0 spiro atoms. The molecule has 0 amide bonds. The van der Waals surface area contributed by atoms with Crippen molar-refractivity contribution in [2.45, 2.75) is 6.54 Å². The van der Waals surface area contributed by atoms with E-state index in [0.717, 1.165) is 17.2 Å². The summed E-state index contributed by atoms with van der Waals surface area (Å²) in [5.41, 5.74) is 2.15. The summed E-state index contributed by atoms with van der Waals surface area (Å²) < 4.78 is 1.72. The maximum absolute atomic E-state index is 4.12. The number of benzene rings is 1. The van der Waals surface area contributed by atoms with Gasteiger partial charge in [-0.2, -0.15) is 5.10 Å². The van der Waals surface area contributed by atoms with E-state index in [1.54, 1.807) is 24.1 Å².